The van der Waals surface area contributed by atoms with Gasteiger partial charge >= 0.3 is 6.01 Å². The van der Waals surface area contributed by atoms with E-state index in [0.29, 0.717) is 5.89 Å². The van der Waals surface area contributed by atoms with E-state index >= 15 is 0 Å². The third-order valence-corrected chi connectivity index (χ3v) is 3.40. The van der Waals surface area contributed by atoms with Gasteiger partial charge in [-0.15, -0.1) is 16.9 Å². The number of carbonyl (C=O) groups is 1. The highest BCUT2D eigenvalue weighted by Gasteiger charge is 2.12. The van der Waals surface area contributed by atoms with Gasteiger partial charge in [0.25, 0.3) is 0 Å². The molecular weight excluding hydrogens is 278 g/mol. The lowest BCUT2D eigenvalue weighted by atomic mass is 10.2. The summed E-state index contributed by atoms with van der Waals surface area (Å²) in [6.07, 6.45) is 0. The predicted molar refractivity (Wildman–Crippen MR) is 75.8 cm³/mol. The molecule has 0 aliphatic heterocycles. The van der Waals surface area contributed by atoms with Crippen LogP contribution in [0.15, 0.2) is 33.6 Å². The smallest absolute Gasteiger partial charge is 0.322 e. The summed E-state index contributed by atoms with van der Waals surface area (Å²) in [7, 11) is 0. The van der Waals surface area contributed by atoms with Crippen LogP contribution >= 0.6 is 11.8 Å². The Morgan fingerprint density at radius 2 is 2.05 bits per heavy atom. The van der Waals surface area contributed by atoms with Gasteiger partial charge in [-0.05, 0) is 24.3 Å². The largest absolute Gasteiger partial charge is 0.508 e. The molecule has 1 heterocycles. The maximum Gasteiger partial charge on any atom is 0.322 e. The Kier molecular flexibility index (Phi) is 4.62. The molecule has 106 valence electrons. The van der Waals surface area contributed by atoms with E-state index in [1.54, 1.807) is 24.3 Å². The summed E-state index contributed by atoms with van der Waals surface area (Å²) in [5, 5.41) is 19.3. The summed E-state index contributed by atoms with van der Waals surface area (Å²) in [6.45, 7) is 3.86. The number of rotatable bonds is 5. The molecule has 1 aromatic heterocycles. The number of nitrogens with one attached hydrogen (secondary N) is 1. The number of anilines is 1. The van der Waals surface area contributed by atoms with Crippen molar-refractivity contribution in [3.05, 3.63) is 30.2 Å². The van der Waals surface area contributed by atoms with Crippen molar-refractivity contribution in [2.75, 3.05) is 11.1 Å². The van der Waals surface area contributed by atoms with Gasteiger partial charge in [-0.2, -0.15) is 0 Å². The molecule has 2 aromatic rings. The second-order valence-electron chi connectivity index (χ2n) is 4.43. The van der Waals surface area contributed by atoms with Gasteiger partial charge in [0.1, 0.15) is 5.75 Å². The van der Waals surface area contributed by atoms with Crippen LogP contribution in [0.1, 0.15) is 25.7 Å². The number of carbonyl (C=O) groups excluding carboxylic acids is 1. The van der Waals surface area contributed by atoms with Gasteiger partial charge in [0.15, 0.2) is 0 Å². The highest BCUT2D eigenvalue weighted by Crippen LogP contribution is 2.21. The van der Waals surface area contributed by atoms with Crippen molar-refractivity contribution in [1.82, 2.24) is 10.2 Å². The summed E-state index contributed by atoms with van der Waals surface area (Å²) in [4.78, 5) is 12.6. The molecular formula is C13H15N3O3S. The zero-order chi connectivity index (χ0) is 14.5. The summed E-state index contributed by atoms with van der Waals surface area (Å²) < 4.78 is 5.29. The van der Waals surface area contributed by atoms with Crippen molar-refractivity contribution >= 4 is 23.7 Å². The van der Waals surface area contributed by atoms with Crippen molar-refractivity contribution in [2.45, 2.75) is 24.7 Å². The number of hydrogen-bond donors (Lipinski definition) is 2. The van der Waals surface area contributed by atoms with Crippen LogP contribution in [0.25, 0.3) is 0 Å². The molecule has 0 atom stereocenters. The number of thioether (sulfide) groups is 1. The number of benzene rings is 1. The molecule has 0 radical (unpaired) electrons. The summed E-state index contributed by atoms with van der Waals surface area (Å²) in [5.74, 6) is 0.823. The Balaban J connectivity index is 1.84. The maximum atomic E-state index is 11.7. The fraction of sp³-hybridized carbons (Fsp3) is 0.308. The Morgan fingerprint density at radius 1 is 1.35 bits per heavy atom. The first-order valence-electron chi connectivity index (χ1n) is 6.09. The lowest BCUT2D eigenvalue weighted by Gasteiger charge is -2.01. The van der Waals surface area contributed by atoms with Gasteiger partial charge in [-0.25, -0.2) is 0 Å². The van der Waals surface area contributed by atoms with E-state index < -0.39 is 0 Å². The van der Waals surface area contributed by atoms with Crippen molar-refractivity contribution in [3.63, 3.8) is 0 Å². The normalized spacial score (nSPS) is 10.8. The van der Waals surface area contributed by atoms with Crippen LogP contribution in [-0.4, -0.2) is 27.0 Å². The number of hydrogen-bond acceptors (Lipinski definition) is 6. The van der Waals surface area contributed by atoms with Crippen LogP contribution in [0, 0.1) is 0 Å². The highest BCUT2D eigenvalue weighted by molar-refractivity contribution is 8.00. The Labute approximate surface area is 120 Å². The van der Waals surface area contributed by atoms with E-state index in [-0.39, 0.29) is 29.3 Å². The van der Waals surface area contributed by atoms with Crippen LogP contribution in [-0.2, 0) is 4.79 Å². The average molecular weight is 293 g/mol. The second-order valence-corrected chi connectivity index (χ2v) is 5.48. The number of phenolic OH excluding ortho intramolecular Hbond substituents is 1. The van der Waals surface area contributed by atoms with Gasteiger partial charge in [0.05, 0.1) is 5.75 Å². The zero-order valence-corrected chi connectivity index (χ0v) is 12.0. The Morgan fingerprint density at radius 3 is 2.65 bits per heavy atom. The van der Waals surface area contributed by atoms with Crippen molar-refractivity contribution < 1.29 is 14.3 Å². The quantitative estimate of drug-likeness (QED) is 0.824. The first-order chi connectivity index (χ1) is 9.54. The molecule has 0 fully saturated rings. The molecule has 0 saturated heterocycles. The fourth-order valence-corrected chi connectivity index (χ4v) is 2.06. The minimum atomic E-state index is -0.220. The lowest BCUT2D eigenvalue weighted by molar-refractivity contribution is -0.113. The first kappa shape index (κ1) is 14.4. The molecule has 0 spiro atoms. The number of amides is 1. The topological polar surface area (TPSA) is 88.2 Å². The fourth-order valence-electron chi connectivity index (χ4n) is 1.36. The van der Waals surface area contributed by atoms with E-state index in [1.165, 1.54) is 11.8 Å². The maximum absolute atomic E-state index is 11.7. The molecule has 0 aliphatic carbocycles. The van der Waals surface area contributed by atoms with Crippen molar-refractivity contribution in [2.24, 2.45) is 0 Å². The van der Waals surface area contributed by atoms with E-state index in [4.69, 9.17) is 9.52 Å². The Bertz CT molecular complexity index is 581. The van der Waals surface area contributed by atoms with Crippen molar-refractivity contribution in [1.29, 1.82) is 0 Å². The molecule has 0 bridgehead atoms. The molecule has 6 nitrogen and oxygen atoms in total. The molecule has 0 unspecified atom stereocenters. The van der Waals surface area contributed by atoms with Gasteiger partial charge in [0.2, 0.25) is 11.8 Å². The van der Waals surface area contributed by atoms with E-state index in [2.05, 4.69) is 15.5 Å². The molecule has 1 amide bonds. The van der Waals surface area contributed by atoms with E-state index in [9.17, 15) is 4.79 Å². The van der Waals surface area contributed by atoms with Crippen molar-refractivity contribution in [3.8, 4) is 5.75 Å². The third kappa shape index (κ3) is 3.99. The van der Waals surface area contributed by atoms with Gasteiger partial charge in [-0.3, -0.25) is 10.1 Å². The number of aromatic nitrogens is 2. The Hall–Kier alpha value is -2.02. The number of phenols is 1. The molecule has 0 aliphatic rings. The zero-order valence-electron chi connectivity index (χ0n) is 11.2. The molecule has 2 rings (SSSR count). The SMILES string of the molecule is CC(C)c1nnc(NC(=O)CSc2ccc(O)cc2)o1. The minimum Gasteiger partial charge on any atom is -0.508 e. The van der Waals surface area contributed by atoms with Crippen LogP contribution in [0.4, 0.5) is 6.01 Å². The number of aromatic hydroxyl groups is 1. The lowest BCUT2D eigenvalue weighted by Crippen LogP contribution is -2.14. The monoisotopic (exact) mass is 293 g/mol. The second kappa shape index (κ2) is 6.42. The summed E-state index contributed by atoms with van der Waals surface area (Å²) in [6, 6.07) is 6.76. The highest BCUT2D eigenvalue weighted by atomic mass is 32.2. The minimum absolute atomic E-state index is 0.116. The van der Waals surface area contributed by atoms with Gasteiger partial charge in [0, 0.05) is 10.8 Å². The van der Waals surface area contributed by atoms with E-state index in [1.807, 2.05) is 13.8 Å². The van der Waals surface area contributed by atoms with Crippen LogP contribution in [0.3, 0.4) is 0 Å². The van der Waals surface area contributed by atoms with Crippen LogP contribution < -0.4 is 5.32 Å². The van der Waals surface area contributed by atoms with Gasteiger partial charge < -0.3 is 9.52 Å². The van der Waals surface area contributed by atoms with Gasteiger partial charge in [-0.1, -0.05) is 18.9 Å². The first-order valence-corrected chi connectivity index (χ1v) is 7.08. The van der Waals surface area contributed by atoms with Crippen LogP contribution in [0.2, 0.25) is 0 Å². The summed E-state index contributed by atoms with van der Waals surface area (Å²) >= 11 is 1.36. The molecule has 7 heteroatoms. The molecule has 20 heavy (non-hydrogen) atoms. The molecule has 0 saturated carbocycles. The molecule has 1 aromatic carbocycles. The summed E-state index contributed by atoms with van der Waals surface area (Å²) in [5.41, 5.74) is 0. The number of nitrogens with zero attached hydrogens (tertiary/aromatic N) is 2. The average Bonchev–Trinajstić information content (AvgIpc) is 2.87. The molecule has 2 N–H and O–H groups in total. The van der Waals surface area contributed by atoms with Crippen LogP contribution in [0.5, 0.6) is 5.75 Å². The van der Waals surface area contributed by atoms with E-state index in [0.717, 1.165) is 4.90 Å². The third-order valence-electron chi connectivity index (χ3n) is 2.39. The standard InChI is InChI=1S/C13H15N3O3S/c1-8(2)12-15-16-13(19-12)14-11(18)7-20-10-5-3-9(17)4-6-10/h3-6,8,17H,7H2,1-2H3,(H,14,16,18). The predicted octanol–water partition coefficient (Wildman–Crippen LogP) is 2.63.